The molecule has 0 radical (unpaired) electrons. The highest BCUT2D eigenvalue weighted by atomic mass is 35.5. The van der Waals surface area contributed by atoms with Crippen molar-refractivity contribution in [3.8, 4) is 0 Å². The third-order valence-electron chi connectivity index (χ3n) is 4.05. The average Bonchev–Trinajstić information content (AvgIpc) is 2.99. The molecule has 2 heterocycles. The number of fused-ring (bicyclic) bond motifs is 1. The fraction of sp³-hybridized carbons (Fsp3) is 0.312. The lowest BCUT2D eigenvalue weighted by molar-refractivity contribution is -0.137. The Bertz CT molecular complexity index is 1110. The summed E-state index contributed by atoms with van der Waals surface area (Å²) in [7, 11) is -3.99. The summed E-state index contributed by atoms with van der Waals surface area (Å²) in [4.78, 5) is 11.4. The van der Waals surface area contributed by atoms with Crippen molar-refractivity contribution in [2.75, 3.05) is 0 Å². The fourth-order valence-electron chi connectivity index (χ4n) is 2.77. The van der Waals surface area contributed by atoms with Crippen LogP contribution in [0.2, 0.25) is 5.28 Å². The Balaban J connectivity index is 1.99. The number of alkyl halides is 3. The van der Waals surface area contributed by atoms with E-state index in [0.717, 1.165) is 24.5 Å². The van der Waals surface area contributed by atoms with Crippen LogP contribution < -0.4 is 4.72 Å². The van der Waals surface area contributed by atoms with Gasteiger partial charge in [-0.05, 0) is 43.6 Å². The molecule has 1 N–H and O–H groups in total. The van der Waals surface area contributed by atoms with Crippen LogP contribution in [0.3, 0.4) is 0 Å². The second-order valence-corrected chi connectivity index (χ2v) is 8.00. The number of nitrogens with zero attached hydrogens (tertiary/aromatic N) is 4. The minimum absolute atomic E-state index is 0.0970. The number of aryl methyl sites for hydroxylation is 1. The van der Waals surface area contributed by atoms with Crippen molar-refractivity contribution in [2.24, 2.45) is 0 Å². The van der Waals surface area contributed by atoms with E-state index >= 15 is 0 Å². The summed E-state index contributed by atoms with van der Waals surface area (Å²) >= 11 is 5.56. The molecule has 0 aliphatic carbocycles. The van der Waals surface area contributed by atoms with Gasteiger partial charge in [0.2, 0.25) is 15.3 Å². The van der Waals surface area contributed by atoms with E-state index in [4.69, 9.17) is 11.6 Å². The summed E-state index contributed by atoms with van der Waals surface area (Å²) in [5.41, 5.74) is -0.188. The van der Waals surface area contributed by atoms with E-state index in [1.807, 2.05) is 0 Å². The number of imidazole rings is 1. The Kier molecular flexibility index (Phi) is 5.34. The van der Waals surface area contributed by atoms with Crippen molar-refractivity contribution >= 4 is 32.7 Å². The number of rotatable bonds is 5. The van der Waals surface area contributed by atoms with Crippen LogP contribution in [0.1, 0.15) is 31.3 Å². The normalized spacial score (nSPS) is 13.8. The molecule has 0 spiro atoms. The number of hydrogen-bond donors (Lipinski definition) is 1. The van der Waals surface area contributed by atoms with Gasteiger partial charge in [0, 0.05) is 6.54 Å². The molecule has 1 aromatic carbocycles. The number of nitrogens with one attached hydrogen (secondary N) is 1. The molecule has 3 rings (SSSR count). The van der Waals surface area contributed by atoms with Gasteiger partial charge in [-0.3, -0.25) is 0 Å². The van der Waals surface area contributed by atoms with E-state index < -0.39 is 27.8 Å². The molecule has 7 nitrogen and oxygen atoms in total. The first kappa shape index (κ1) is 20.5. The number of benzene rings is 1. The quantitative estimate of drug-likeness (QED) is 0.621. The molecule has 0 bridgehead atoms. The van der Waals surface area contributed by atoms with Crippen LogP contribution in [0.5, 0.6) is 0 Å². The lowest BCUT2D eigenvalue weighted by atomic mass is 10.2. The molecule has 0 saturated heterocycles. The fourth-order valence-corrected chi connectivity index (χ4v) is 3.96. The summed E-state index contributed by atoms with van der Waals surface area (Å²) in [6, 6.07) is 2.40. The molecule has 12 heteroatoms. The van der Waals surface area contributed by atoms with E-state index in [1.165, 1.54) is 10.6 Å². The molecule has 0 aliphatic heterocycles. The highest BCUT2D eigenvalue weighted by Gasteiger charge is 2.31. The Hall–Kier alpha value is -2.24. The molecular weight excluding hydrogens is 419 g/mol. The second kappa shape index (κ2) is 7.30. The Labute approximate surface area is 163 Å². The minimum atomic E-state index is -4.49. The van der Waals surface area contributed by atoms with Crippen molar-refractivity contribution in [2.45, 2.75) is 37.5 Å². The molecule has 1 atom stereocenters. The van der Waals surface area contributed by atoms with Crippen LogP contribution in [-0.4, -0.2) is 27.9 Å². The number of aromatic nitrogens is 4. The van der Waals surface area contributed by atoms with Gasteiger partial charge in [0.05, 0.1) is 35.0 Å². The van der Waals surface area contributed by atoms with Gasteiger partial charge in [-0.1, -0.05) is 0 Å². The van der Waals surface area contributed by atoms with Crippen LogP contribution in [0.15, 0.2) is 35.5 Å². The van der Waals surface area contributed by atoms with Crippen LogP contribution in [0, 0.1) is 0 Å². The maximum atomic E-state index is 13.0. The average molecular weight is 434 g/mol. The highest BCUT2D eigenvalue weighted by molar-refractivity contribution is 7.89. The smallest absolute Gasteiger partial charge is 0.327 e. The lowest BCUT2D eigenvalue weighted by Gasteiger charge is -2.15. The maximum Gasteiger partial charge on any atom is 0.416 e. The standard InChI is InChI=1S/C16H15ClF3N5O2S/c1-3-25-13-6-10(16(18,19)20)4-5-12(13)23-14(25)9(2)24-28(26,27)11-7-21-15(17)22-8-11/h4-9,24H,3H2,1-2H3/t9-/m1/s1. The summed E-state index contributed by atoms with van der Waals surface area (Å²) < 4.78 is 68.0. The van der Waals surface area contributed by atoms with Crippen LogP contribution in [-0.2, 0) is 22.7 Å². The Morgan fingerprint density at radius 2 is 1.89 bits per heavy atom. The van der Waals surface area contributed by atoms with Crippen LogP contribution in [0.4, 0.5) is 13.2 Å². The molecule has 0 amide bonds. The van der Waals surface area contributed by atoms with Crippen LogP contribution in [0.25, 0.3) is 11.0 Å². The molecular formula is C16H15ClF3N5O2S. The van der Waals surface area contributed by atoms with Crippen molar-refractivity contribution < 1.29 is 21.6 Å². The van der Waals surface area contributed by atoms with Crippen LogP contribution >= 0.6 is 11.6 Å². The van der Waals surface area contributed by atoms with Gasteiger partial charge in [0.1, 0.15) is 10.7 Å². The third kappa shape index (κ3) is 3.96. The first-order valence-corrected chi connectivity index (χ1v) is 9.96. The Morgan fingerprint density at radius 1 is 1.25 bits per heavy atom. The second-order valence-electron chi connectivity index (χ2n) is 5.95. The first-order chi connectivity index (χ1) is 13.0. The number of hydrogen-bond acceptors (Lipinski definition) is 5. The topological polar surface area (TPSA) is 89.8 Å². The van der Waals surface area contributed by atoms with Crippen molar-refractivity contribution in [3.63, 3.8) is 0 Å². The molecule has 0 aliphatic rings. The van der Waals surface area contributed by atoms with E-state index in [9.17, 15) is 21.6 Å². The predicted octanol–water partition coefficient (Wildman–Crippen LogP) is 3.56. The van der Waals surface area contributed by atoms with Crippen molar-refractivity contribution in [1.82, 2.24) is 24.2 Å². The van der Waals surface area contributed by atoms with E-state index in [2.05, 4.69) is 19.7 Å². The van der Waals surface area contributed by atoms with E-state index in [0.29, 0.717) is 12.1 Å². The number of sulfonamides is 1. The highest BCUT2D eigenvalue weighted by Crippen LogP contribution is 2.32. The maximum absolute atomic E-state index is 13.0. The summed E-state index contributed by atoms with van der Waals surface area (Å²) in [6.45, 7) is 3.59. The third-order valence-corrected chi connectivity index (χ3v) is 5.74. The van der Waals surface area contributed by atoms with Crippen molar-refractivity contribution in [3.05, 3.63) is 47.3 Å². The molecule has 0 fully saturated rings. The minimum Gasteiger partial charge on any atom is -0.327 e. The summed E-state index contributed by atoms with van der Waals surface area (Å²) in [5, 5.41) is -0.0970. The molecule has 28 heavy (non-hydrogen) atoms. The monoisotopic (exact) mass is 433 g/mol. The zero-order valence-corrected chi connectivity index (χ0v) is 16.3. The van der Waals surface area contributed by atoms with E-state index in [1.54, 1.807) is 13.8 Å². The first-order valence-electron chi connectivity index (χ1n) is 8.10. The lowest BCUT2D eigenvalue weighted by Crippen LogP contribution is -2.29. The molecule has 0 saturated carbocycles. The molecule has 2 aromatic heterocycles. The van der Waals surface area contributed by atoms with Gasteiger partial charge in [-0.15, -0.1) is 0 Å². The van der Waals surface area contributed by atoms with Gasteiger partial charge in [-0.25, -0.2) is 28.1 Å². The predicted molar refractivity (Wildman–Crippen MR) is 96.2 cm³/mol. The zero-order valence-electron chi connectivity index (χ0n) is 14.7. The van der Waals surface area contributed by atoms with E-state index in [-0.39, 0.29) is 21.5 Å². The number of halogens is 4. The van der Waals surface area contributed by atoms with Gasteiger partial charge in [0.25, 0.3) is 0 Å². The zero-order chi connectivity index (χ0) is 20.7. The van der Waals surface area contributed by atoms with Gasteiger partial charge in [0.15, 0.2) is 0 Å². The van der Waals surface area contributed by atoms with Gasteiger partial charge >= 0.3 is 6.18 Å². The molecule has 150 valence electrons. The summed E-state index contributed by atoms with van der Waals surface area (Å²) in [5.74, 6) is 0.287. The summed E-state index contributed by atoms with van der Waals surface area (Å²) in [6.07, 6.45) is -2.37. The SMILES string of the molecule is CCn1c([C@@H](C)NS(=O)(=O)c2cnc(Cl)nc2)nc2ccc(C(F)(F)F)cc21. The van der Waals surface area contributed by atoms with Gasteiger partial charge < -0.3 is 4.57 Å². The Morgan fingerprint density at radius 3 is 2.46 bits per heavy atom. The van der Waals surface area contributed by atoms with Crippen molar-refractivity contribution in [1.29, 1.82) is 0 Å². The molecule has 3 aromatic rings. The van der Waals surface area contributed by atoms with Gasteiger partial charge in [-0.2, -0.15) is 13.2 Å². The molecule has 0 unspecified atom stereocenters. The largest absolute Gasteiger partial charge is 0.416 e.